The Morgan fingerprint density at radius 2 is 1.31 bits per heavy atom. The first-order valence-electron chi connectivity index (χ1n) is 21.1. The number of rotatable bonds is 21. The summed E-state index contributed by atoms with van der Waals surface area (Å²) < 4.78 is 21.2. The monoisotopic (exact) mass is 838 g/mol. The molecule has 0 fully saturated rings. The van der Waals surface area contributed by atoms with Gasteiger partial charge < -0.3 is 18.4 Å². The maximum Gasteiger partial charge on any atom is 0.192 e. The van der Waals surface area contributed by atoms with Crippen LogP contribution in [0.3, 0.4) is 0 Å². The maximum absolute atomic E-state index is 14.7. The van der Waals surface area contributed by atoms with E-state index in [0.29, 0.717) is 6.42 Å². The highest BCUT2D eigenvalue weighted by Gasteiger charge is 2.49. The van der Waals surface area contributed by atoms with Crippen LogP contribution in [-0.4, -0.2) is 65.7 Å². The molecule has 0 spiro atoms. The number of hydrogen-bond donors (Lipinski definition) is 1. The number of Topliss-reactive ketones (excluding diaryl/α,β-unsaturated/α-hetero) is 1. The van der Waals surface area contributed by atoms with Crippen molar-refractivity contribution in [2.24, 2.45) is 17.3 Å². The zero-order chi connectivity index (χ0) is 43.2. The number of ketones is 1. The van der Waals surface area contributed by atoms with Gasteiger partial charge in [-0.15, -0.1) is 11.3 Å². The highest BCUT2D eigenvalue weighted by Crippen LogP contribution is 2.44. The SMILES string of the molecule is C/C(=C\C[C@H](O[Si](C)(C)C(C)(C)C)/C(C)=C/c1csc(C)n1)CCCC(C)[C@H](O[Si](C)(C)C(C)(C)C)[C@@H](C)C(=O)C(C)(C)C(CCO)O[Si](C)(C)C(C)(C)C. The Kier molecular flexibility index (Phi) is 19.0. The second-order valence-electron chi connectivity index (χ2n) is 21.8. The fourth-order valence-electron chi connectivity index (χ4n) is 6.25. The summed E-state index contributed by atoms with van der Waals surface area (Å²) in [5.41, 5.74) is 2.82. The van der Waals surface area contributed by atoms with Gasteiger partial charge in [0.25, 0.3) is 0 Å². The topological polar surface area (TPSA) is 77.9 Å². The summed E-state index contributed by atoms with van der Waals surface area (Å²) >= 11 is 1.68. The van der Waals surface area contributed by atoms with Gasteiger partial charge in [0.15, 0.2) is 25.0 Å². The van der Waals surface area contributed by atoms with Gasteiger partial charge in [-0.25, -0.2) is 4.98 Å². The Morgan fingerprint density at radius 3 is 1.76 bits per heavy atom. The Labute approximate surface area is 347 Å². The van der Waals surface area contributed by atoms with E-state index in [1.54, 1.807) is 11.3 Å². The molecular formula is C45H87NO5SSi3. The smallest absolute Gasteiger partial charge is 0.192 e. The van der Waals surface area contributed by atoms with Crippen molar-refractivity contribution < 1.29 is 23.2 Å². The zero-order valence-corrected chi connectivity index (χ0v) is 43.6. The number of allylic oxidation sites excluding steroid dienone is 1. The number of aromatic nitrogens is 1. The van der Waals surface area contributed by atoms with Gasteiger partial charge in [-0.05, 0) is 125 Å². The molecule has 0 radical (unpaired) electrons. The number of carbonyl (C=O) groups excluding carboxylic acids is 1. The van der Waals surface area contributed by atoms with Gasteiger partial charge >= 0.3 is 0 Å². The van der Waals surface area contributed by atoms with Gasteiger partial charge in [0, 0.05) is 23.3 Å². The molecule has 0 aromatic carbocycles. The Balaban J connectivity index is 3.33. The molecule has 1 aromatic heterocycles. The number of thiazole rings is 1. The minimum atomic E-state index is -2.21. The molecule has 1 aromatic rings. The number of aliphatic hydroxyl groups excluding tert-OH is 1. The van der Waals surface area contributed by atoms with Crippen LogP contribution in [0.1, 0.15) is 147 Å². The summed E-state index contributed by atoms with van der Waals surface area (Å²) in [6.07, 6.45) is 8.27. The maximum atomic E-state index is 14.7. The van der Waals surface area contributed by atoms with Crippen molar-refractivity contribution in [1.82, 2.24) is 4.98 Å². The van der Waals surface area contributed by atoms with Crippen LogP contribution >= 0.6 is 11.3 Å². The number of aliphatic hydroxyl groups is 1. The van der Waals surface area contributed by atoms with Crippen LogP contribution in [0.5, 0.6) is 0 Å². The molecule has 1 heterocycles. The molecule has 0 aliphatic carbocycles. The summed E-state index contributed by atoms with van der Waals surface area (Å²) in [7, 11) is -6.42. The van der Waals surface area contributed by atoms with Crippen LogP contribution in [-0.2, 0) is 18.1 Å². The lowest BCUT2D eigenvalue weighted by Gasteiger charge is -2.46. The minimum absolute atomic E-state index is 0.00429. The first-order valence-corrected chi connectivity index (χ1v) is 30.7. The molecule has 0 bridgehead atoms. The predicted molar refractivity (Wildman–Crippen MR) is 248 cm³/mol. The molecule has 5 atom stereocenters. The van der Waals surface area contributed by atoms with E-state index in [1.807, 2.05) is 13.8 Å². The number of hydrogen-bond acceptors (Lipinski definition) is 7. The molecule has 0 aliphatic heterocycles. The van der Waals surface area contributed by atoms with E-state index in [9.17, 15) is 9.90 Å². The second-order valence-corrected chi connectivity index (χ2v) is 37.1. The summed E-state index contributed by atoms with van der Waals surface area (Å²) in [6, 6.07) is 0. The average molecular weight is 839 g/mol. The Bertz CT molecular complexity index is 1420. The molecule has 0 saturated carbocycles. The minimum Gasteiger partial charge on any atom is -0.413 e. The van der Waals surface area contributed by atoms with E-state index >= 15 is 0 Å². The molecular weight excluding hydrogens is 751 g/mol. The molecule has 2 unspecified atom stereocenters. The van der Waals surface area contributed by atoms with Gasteiger partial charge in [-0.1, -0.05) is 102 Å². The van der Waals surface area contributed by atoms with Crippen LogP contribution in [0.2, 0.25) is 54.4 Å². The van der Waals surface area contributed by atoms with Gasteiger partial charge in [-0.2, -0.15) is 0 Å². The van der Waals surface area contributed by atoms with Crippen LogP contribution in [0.4, 0.5) is 0 Å². The van der Waals surface area contributed by atoms with E-state index in [4.69, 9.17) is 18.3 Å². The van der Waals surface area contributed by atoms with Crippen molar-refractivity contribution in [2.75, 3.05) is 6.61 Å². The van der Waals surface area contributed by atoms with Crippen molar-refractivity contribution in [3.63, 3.8) is 0 Å². The predicted octanol–water partition coefficient (Wildman–Crippen LogP) is 13.8. The Hall–Kier alpha value is -0.729. The van der Waals surface area contributed by atoms with Gasteiger partial charge in [0.05, 0.1) is 29.0 Å². The number of nitrogens with zero attached hydrogens (tertiary/aromatic N) is 1. The second kappa shape index (κ2) is 20.0. The third-order valence-electron chi connectivity index (χ3n) is 13.5. The summed E-state index contributed by atoms with van der Waals surface area (Å²) in [6.45, 7) is 49.0. The van der Waals surface area contributed by atoms with E-state index in [2.05, 4.69) is 154 Å². The van der Waals surface area contributed by atoms with Crippen molar-refractivity contribution >= 4 is 48.1 Å². The zero-order valence-electron chi connectivity index (χ0n) is 39.8. The van der Waals surface area contributed by atoms with Crippen LogP contribution in [0.25, 0.3) is 6.08 Å². The third kappa shape index (κ3) is 15.1. The van der Waals surface area contributed by atoms with Gasteiger partial charge in [0.1, 0.15) is 5.78 Å². The normalized spacial score (nSPS) is 17.6. The van der Waals surface area contributed by atoms with Crippen molar-refractivity contribution in [3.05, 3.63) is 33.3 Å². The largest absolute Gasteiger partial charge is 0.413 e. The van der Waals surface area contributed by atoms with Gasteiger partial charge in [-0.3, -0.25) is 4.79 Å². The van der Waals surface area contributed by atoms with E-state index in [1.165, 1.54) is 11.1 Å². The lowest BCUT2D eigenvalue weighted by molar-refractivity contribution is -0.141. The molecule has 0 aliphatic rings. The van der Waals surface area contributed by atoms with Crippen molar-refractivity contribution in [2.45, 2.75) is 216 Å². The first-order chi connectivity index (χ1) is 24.6. The molecule has 0 saturated heterocycles. The standard InChI is InChI=1S/C45H87NO5SSi3/c1-32(26-27-38(49-53(17,18)42(6,7)8)34(3)30-37-31-52-36(5)46-37)24-23-25-33(2)40(51-55(21,22)44(12,13)14)35(4)41(48)45(15,16)39(28-29-47)50-54(19,20)43(9,10)11/h26,30-31,33,35,38-40,47H,23-25,27-29H2,1-22H3/b32-26+,34-30+/t33?,35-,38+,39?,40+/m1/s1. The highest BCUT2D eigenvalue weighted by atomic mass is 32.1. The molecule has 6 nitrogen and oxygen atoms in total. The fourth-order valence-corrected chi connectivity index (χ4v) is 11.1. The summed E-state index contributed by atoms with van der Waals surface area (Å²) in [4.78, 5) is 19.4. The molecule has 55 heavy (non-hydrogen) atoms. The lowest BCUT2D eigenvalue weighted by Crippen LogP contribution is -2.54. The lowest BCUT2D eigenvalue weighted by atomic mass is 9.73. The van der Waals surface area contributed by atoms with Gasteiger partial charge in [0.2, 0.25) is 0 Å². The summed E-state index contributed by atoms with van der Waals surface area (Å²) in [5.74, 6) is 0.0421. The van der Waals surface area contributed by atoms with Crippen LogP contribution < -0.4 is 0 Å². The fraction of sp³-hybridized carbons (Fsp3) is 0.822. The molecule has 10 heteroatoms. The Morgan fingerprint density at radius 1 is 0.818 bits per heavy atom. The van der Waals surface area contributed by atoms with E-state index in [0.717, 1.165) is 36.4 Å². The third-order valence-corrected chi connectivity index (χ3v) is 27.7. The van der Waals surface area contributed by atoms with E-state index in [-0.39, 0.29) is 57.7 Å². The quantitative estimate of drug-likeness (QED) is 0.0981. The molecule has 1 N–H and O–H groups in total. The van der Waals surface area contributed by atoms with E-state index < -0.39 is 30.4 Å². The first kappa shape index (κ1) is 52.3. The number of carbonyl (C=O) groups is 1. The van der Waals surface area contributed by atoms with Crippen LogP contribution in [0, 0.1) is 24.2 Å². The average Bonchev–Trinajstić information content (AvgIpc) is 3.42. The summed E-state index contributed by atoms with van der Waals surface area (Å²) in [5, 5.41) is 13.5. The van der Waals surface area contributed by atoms with Crippen LogP contribution in [0.15, 0.2) is 22.6 Å². The molecule has 0 amide bonds. The van der Waals surface area contributed by atoms with Crippen molar-refractivity contribution in [3.8, 4) is 0 Å². The number of aryl methyl sites for hydroxylation is 1. The molecule has 320 valence electrons. The highest BCUT2D eigenvalue weighted by molar-refractivity contribution is 7.09. The molecule has 1 rings (SSSR count). The van der Waals surface area contributed by atoms with Crippen molar-refractivity contribution in [1.29, 1.82) is 0 Å².